The smallest absolute Gasteiger partial charge is 0.238 e. The zero-order valence-electron chi connectivity index (χ0n) is 23.3. The van der Waals surface area contributed by atoms with E-state index in [1.807, 2.05) is 73.0 Å². The van der Waals surface area contributed by atoms with Crippen molar-refractivity contribution in [3.8, 4) is 11.5 Å². The summed E-state index contributed by atoms with van der Waals surface area (Å²) in [5.74, 6) is 0.990. The molecule has 2 aromatic carbocycles. The number of nitrogens with zero attached hydrogens (tertiary/aromatic N) is 2. The Hall–Kier alpha value is -3.18. The lowest BCUT2D eigenvalue weighted by Gasteiger charge is -2.26. The molecule has 0 aliphatic carbocycles. The molecule has 1 amide bonds. The molecule has 1 heterocycles. The first kappa shape index (κ1) is 31.3. The van der Waals surface area contributed by atoms with E-state index in [0.717, 1.165) is 16.0 Å². The quantitative estimate of drug-likeness (QED) is 0.206. The summed E-state index contributed by atoms with van der Waals surface area (Å²) in [7, 11) is -0.690. The standard InChI is InChI=1S/C30H38N2O6S2/c1-4-38-19-9-17-32(40(34,35)21-16-25-10-6-5-7-11-25)24-30(33)31(23-27-12-8-20-39-27)18-15-26-13-14-28(36-2)29(22-26)37-3/h5-8,10-14,16,20-22H,4,9,15,17-19,23-24H2,1-3H3. The Morgan fingerprint density at radius 2 is 1.75 bits per heavy atom. The number of carbonyl (C=O) groups excluding carboxylic acids is 1. The molecule has 1 aromatic heterocycles. The normalized spacial score (nSPS) is 11.7. The van der Waals surface area contributed by atoms with Gasteiger partial charge in [0.2, 0.25) is 15.9 Å². The highest BCUT2D eigenvalue weighted by molar-refractivity contribution is 7.92. The summed E-state index contributed by atoms with van der Waals surface area (Å²) in [4.78, 5) is 16.4. The highest BCUT2D eigenvalue weighted by Crippen LogP contribution is 2.28. The minimum Gasteiger partial charge on any atom is -0.493 e. The number of methoxy groups -OCH3 is 2. The zero-order valence-corrected chi connectivity index (χ0v) is 25.0. The van der Waals surface area contributed by atoms with E-state index in [2.05, 4.69) is 0 Å². The van der Waals surface area contributed by atoms with Crippen molar-refractivity contribution in [2.45, 2.75) is 26.3 Å². The fraction of sp³-hybridized carbons (Fsp3) is 0.367. The van der Waals surface area contributed by atoms with E-state index in [4.69, 9.17) is 14.2 Å². The Labute approximate surface area is 241 Å². The molecule has 0 radical (unpaired) electrons. The number of rotatable bonds is 17. The van der Waals surface area contributed by atoms with Crippen LogP contribution in [0, 0.1) is 0 Å². The van der Waals surface area contributed by atoms with Crippen LogP contribution in [0.15, 0.2) is 71.5 Å². The maximum Gasteiger partial charge on any atom is 0.238 e. The maximum atomic E-state index is 13.7. The molecule has 3 rings (SSSR count). The number of benzene rings is 2. The Kier molecular flexibility index (Phi) is 12.7. The minimum absolute atomic E-state index is 0.176. The first-order valence-electron chi connectivity index (χ1n) is 13.2. The third-order valence-electron chi connectivity index (χ3n) is 6.20. The van der Waals surface area contributed by atoms with Crippen LogP contribution < -0.4 is 9.47 Å². The van der Waals surface area contributed by atoms with Gasteiger partial charge in [-0.15, -0.1) is 11.3 Å². The number of ether oxygens (including phenoxy) is 3. The average Bonchev–Trinajstić information content (AvgIpc) is 3.49. The van der Waals surface area contributed by atoms with Crippen LogP contribution in [-0.2, 0) is 32.5 Å². The fourth-order valence-corrected chi connectivity index (χ4v) is 5.93. The monoisotopic (exact) mass is 586 g/mol. The summed E-state index contributed by atoms with van der Waals surface area (Å²) >= 11 is 1.56. The SMILES string of the molecule is CCOCCCN(CC(=O)N(CCc1ccc(OC)c(OC)c1)Cc1cccs1)S(=O)(=O)C=Cc1ccccc1. The number of hydrogen-bond donors (Lipinski definition) is 0. The predicted molar refractivity (Wildman–Crippen MR) is 160 cm³/mol. The van der Waals surface area contributed by atoms with E-state index in [9.17, 15) is 13.2 Å². The summed E-state index contributed by atoms with van der Waals surface area (Å²) in [6.07, 6.45) is 2.61. The Morgan fingerprint density at radius 1 is 0.975 bits per heavy atom. The van der Waals surface area contributed by atoms with Crippen molar-refractivity contribution >= 4 is 33.3 Å². The van der Waals surface area contributed by atoms with Crippen molar-refractivity contribution in [2.75, 3.05) is 47.1 Å². The molecule has 0 bridgehead atoms. The van der Waals surface area contributed by atoms with Gasteiger partial charge in [-0.3, -0.25) is 4.79 Å². The molecule has 0 aliphatic heterocycles. The van der Waals surface area contributed by atoms with Gasteiger partial charge in [0.1, 0.15) is 0 Å². The third-order valence-corrected chi connectivity index (χ3v) is 8.57. The highest BCUT2D eigenvalue weighted by atomic mass is 32.2. The number of thiophene rings is 1. The van der Waals surface area contributed by atoms with E-state index in [1.54, 1.807) is 36.5 Å². The molecule has 0 N–H and O–H groups in total. The summed E-state index contributed by atoms with van der Waals surface area (Å²) in [5.41, 5.74) is 1.74. The van der Waals surface area contributed by atoms with Gasteiger partial charge >= 0.3 is 0 Å². The van der Waals surface area contributed by atoms with Crippen LogP contribution in [0.2, 0.25) is 0 Å². The lowest BCUT2D eigenvalue weighted by molar-refractivity contribution is -0.132. The third kappa shape index (κ3) is 9.78. The van der Waals surface area contributed by atoms with Gasteiger partial charge in [-0.1, -0.05) is 42.5 Å². The first-order valence-corrected chi connectivity index (χ1v) is 15.6. The van der Waals surface area contributed by atoms with Gasteiger partial charge in [0.25, 0.3) is 0 Å². The van der Waals surface area contributed by atoms with Gasteiger partial charge in [0.15, 0.2) is 11.5 Å². The van der Waals surface area contributed by atoms with Crippen LogP contribution >= 0.6 is 11.3 Å². The molecular formula is C30H38N2O6S2. The van der Waals surface area contributed by atoms with Crippen molar-refractivity contribution in [1.29, 1.82) is 0 Å². The van der Waals surface area contributed by atoms with Crippen molar-refractivity contribution in [2.24, 2.45) is 0 Å². The van der Waals surface area contributed by atoms with Gasteiger partial charge in [-0.05, 0) is 60.5 Å². The van der Waals surface area contributed by atoms with Gasteiger partial charge in [0.05, 0.1) is 27.3 Å². The number of carbonyl (C=O) groups is 1. The van der Waals surface area contributed by atoms with E-state index in [0.29, 0.717) is 50.6 Å². The van der Waals surface area contributed by atoms with Gasteiger partial charge in [-0.2, -0.15) is 4.31 Å². The van der Waals surface area contributed by atoms with Crippen LogP contribution in [0.1, 0.15) is 29.3 Å². The van der Waals surface area contributed by atoms with E-state index in [1.165, 1.54) is 9.71 Å². The molecule has 3 aromatic rings. The number of sulfonamides is 1. The molecule has 0 unspecified atom stereocenters. The molecule has 0 spiro atoms. The summed E-state index contributed by atoms with van der Waals surface area (Å²) < 4.78 is 44.1. The molecule has 0 fully saturated rings. The second-order valence-electron chi connectivity index (χ2n) is 8.98. The summed E-state index contributed by atoms with van der Waals surface area (Å²) in [6, 6.07) is 18.8. The molecule has 216 valence electrons. The zero-order chi connectivity index (χ0) is 28.8. The van der Waals surface area contributed by atoms with Crippen molar-refractivity contribution < 1.29 is 27.4 Å². The first-order chi connectivity index (χ1) is 19.4. The topological polar surface area (TPSA) is 85.4 Å². The maximum absolute atomic E-state index is 13.7. The van der Waals surface area contributed by atoms with Gasteiger partial charge in [0, 0.05) is 36.6 Å². The Bertz CT molecular complexity index is 1310. The number of hydrogen-bond acceptors (Lipinski definition) is 7. The van der Waals surface area contributed by atoms with Crippen molar-refractivity contribution in [3.63, 3.8) is 0 Å². The fourth-order valence-electron chi connectivity index (χ4n) is 4.03. The minimum atomic E-state index is -3.86. The van der Waals surface area contributed by atoms with Gasteiger partial charge in [-0.25, -0.2) is 8.42 Å². The van der Waals surface area contributed by atoms with Crippen molar-refractivity contribution in [1.82, 2.24) is 9.21 Å². The lowest BCUT2D eigenvalue weighted by Crippen LogP contribution is -2.43. The van der Waals surface area contributed by atoms with Crippen LogP contribution in [-0.4, -0.2) is 70.6 Å². The van der Waals surface area contributed by atoms with E-state index in [-0.39, 0.29) is 19.0 Å². The van der Waals surface area contributed by atoms with Crippen molar-refractivity contribution in [3.05, 3.63) is 87.5 Å². The molecule has 0 saturated carbocycles. The Balaban J connectivity index is 1.79. The molecule has 0 atom stereocenters. The van der Waals surface area contributed by atoms with Crippen LogP contribution in [0.3, 0.4) is 0 Å². The van der Waals surface area contributed by atoms with Gasteiger partial charge < -0.3 is 19.1 Å². The predicted octanol–water partition coefficient (Wildman–Crippen LogP) is 5.07. The largest absolute Gasteiger partial charge is 0.493 e. The molecular weight excluding hydrogens is 548 g/mol. The second kappa shape index (κ2) is 16.2. The highest BCUT2D eigenvalue weighted by Gasteiger charge is 2.25. The second-order valence-corrected chi connectivity index (χ2v) is 11.8. The molecule has 0 saturated heterocycles. The molecule has 8 nitrogen and oxygen atoms in total. The van der Waals surface area contributed by atoms with E-state index < -0.39 is 10.0 Å². The summed E-state index contributed by atoms with van der Waals surface area (Å²) in [5, 5.41) is 3.13. The Morgan fingerprint density at radius 3 is 2.42 bits per heavy atom. The van der Waals surface area contributed by atoms with Crippen LogP contribution in [0.4, 0.5) is 0 Å². The summed E-state index contributed by atoms with van der Waals surface area (Å²) in [6.45, 7) is 3.58. The van der Waals surface area contributed by atoms with E-state index >= 15 is 0 Å². The van der Waals surface area contributed by atoms with Crippen LogP contribution in [0.5, 0.6) is 11.5 Å². The lowest BCUT2D eigenvalue weighted by atomic mass is 10.1. The average molecular weight is 587 g/mol. The molecule has 10 heteroatoms. The molecule has 0 aliphatic rings. The molecule has 40 heavy (non-hydrogen) atoms. The van der Waals surface area contributed by atoms with Crippen LogP contribution in [0.25, 0.3) is 6.08 Å². The number of amides is 1.